The summed E-state index contributed by atoms with van der Waals surface area (Å²) in [5.74, 6) is -3.73. The highest BCUT2D eigenvalue weighted by atomic mass is 31.2. The van der Waals surface area contributed by atoms with Crippen molar-refractivity contribution in [1.29, 1.82) is 0 Å². The summed E-state index contributed by atoms with van der Waals surface area (Å²) < 4.78 is 22.3. The number of rotatable bonds is 7. The molecule has 18 heavy (non-hydrogen) atoms. The van der Waals surface area contributed by atoms with Crippen molar-refractivity contribution in [3.63, 3.8) is 0 Å². The van der Waals surface area contributed by atoms with Crippen LogP contribution in [0.25, 0.3) is 0 Å². The Balaban J connectivity index is 5.50. The van der Waals surface area contributed by atoms with E-state index in [1.165, 1.54) is 0 Å². The minimum absolute atomic E-state index is 0.697. The van der Waals surface area contributed by atoms with Crippen molar-refractivity contribution in [3.8, 4) is 0 Å². The summed E-state index contributed by atoms with van der Waals surface area (Å²) in [6, 6.07) is 0. The van der Waals surface area contributed by atoms with Gasteiger partial charge in [0.25, 0.3) is 0 Å². The molecule has 9 nitrogen and oxygen atoms in total. The second kappa shape index (κ2) is 5.50. The van der Waals surface area contributed by atoms with Crippen LogP contribution in [0.15, 0.2) is 0 Å². The first-order valence-electron chi connectivity index (χ1n) is 4.62. The fraction of sp³-hybridized carbons (Fsp3) is 0.714. The summed E-state index contributed by atoms with van der Waals surface area (Å²) >= 11 is 0. The van der Waals surface area contributed by atoms with Crippen molar-refractivity contribution in [2.45, 2.75) is 18.0 Å². The van der Waals surface area contributed by atoms with Crippen LogP contribution in [0.1, 0.15) is 12.8 Å². The van der Waals surface area contributed by atoms with Crippen LogP contribution in [0.4, 0.5) is 0 Å². The molecular weight excluding hydrogens is 290 g/mol. The zero-order valence-corrected chi connectivity index (χ0v) is 11.2. The van der Waals surface area contributed by atoms with Gasteiger partial charge in [-0.25, -0.2) is 0 Å². The molecule has 0 aromatic heterocycles. The number of carboxylic acids is 2. The fourth-order valence-electron chi connectivity index (χ4n) is 1.29. The first-order valence-corrected chi connectivity index (χ1v) is 8.52. The predicted molar refractivity (Wildman–Crippen MR) is 59.9 cm³/mol. The summed E-state index contributed by atoms with van der Waals surface area (Å²) in [5.41, 5.74) is 0. The Labute approximate surface area is 102 Å². The first-order chi connectivity index (χ1) is 7.82. The van der Waals surface area contributed by atoms with E-state index in [1.54, 1.807) is 0 Å². The Kier molecular flexibility index (Phi) is 5.28. The maximum absolute atomic E-state index is 11.2. The molecule has 0 bridgehead atoms. The molecule has 0 saturated carbocycles. The zero-order chi connectivity index (χ0) is 14.8. The largest absolute Gasteiger partial charge is 0.481 e. The third-order valence-corrected chi connectivity index (χ3v) is 5.08. The van der Waals surface area contributed by atoms with Crippen LogP contribution in [-0.2, 0) is 18.7 Å². The van der Waals surface area contributed by atoms with Crippen LogP contribution >= 0.6 is 15.0 Å². The summed E-state index contributed by atoms with van der Waals surface area (Å²) in [7, 11) is -9.03. The van der Waals surface area contributed by atoms with E-state index in [2.05, 4.69) is 0 Å². The Morgan fingerprint density at radius 1 is 1.11 bits per heavy atom. The second-order valence-electron chi connectivity index (χ2n) is 3.98. The van der Waals surface area contributed by atoms with Crippen LogP contribution in [0.2, 0.25) is 0 Å². The second-order valence-corrected chi connectivity index (χ2v) is 8.47. The molecule has 0 rings (SSSR count). The molecule has 0 aromatic rings. The molecule has 0 heterocycles. The number of aliphatic carboxylic acids is 2. The van der Waals surface area contributed by atoms with Crippen LogP contribution in [0.3, 0.4) is 0 Å². The fourth-order valence-corrected chi connectivity index (χ4v) is 3.25. The van der Waals surface area contributed by atoms with E-state index in [0.29, 0.717) is 0 Å². The number of hydrogen-bond acceptors (Lipinski definition) is 4. The highest BCUT2D eigenvalue weighted by Crippen LogP contribution is 2.56. The zero-order valence-electron chi connectivity index (χ0n) is 9.38. The van der Waals surface area contributed by atoms with Gasteiger partial charge < -0.3 is 24.9 Å². The van der Waals surface area contributed by atoms with E-state index in [0.717, 1.165) is 6.66 Å². The topological polar surface area (TPSA) is 169 Å². The molecule has 2 atom stereocenters. The highest BCUT2D eigenvalue weighted by molar-refractivity contribution is 7.57. The molecule has 11 heteroatoms. The SMILES string of the molecule is CP(=O)(O)CCC(CC(=O)O)(C(=O)O)P(=O)(O)O. The van der Waals surface area contributed by atoms with Crippen molar-refractivity contribution in [3.05, 3.63) is 0 Å². The number of hydrogen-bond donors (Lipinski definition) is 5. The van der Waals surface area contributed by atoms with Gasteiger partial charge in [-0.2, -0.15) is 0 Å². The third-order valence-electron chi connectivity index (χ3n) is 2.34. The maximum atomic E-state index is 11.2. The molecule has 0 spiro atoms. The Morgan fingerprint density at radius 3 is 1.78 bits per heavy atom. The lowest BCUT2D eigenvalue weighted by Crippen LogP contribution is -2.41. The average molecular weight is 304 g/mol. The van der Waals surface area contributed by atoms with Crippen molar-refractivity contribution in [1.82, 2.24) is 0 Å². The van der Waals surface area contributed by atoms with E-state index >= 15 is 0 Å². The molecule has 0 radical (unpaired) electrons. The van der Waals surface area contributed by atoms with Gasteiger partial charge in [-0.3, -0.25) is 18.7 Å². The van der Waals surface area contributed by atoms with Crippen LogP contribution in [-0.4, -0.2) is 54.8 Å². The van der Waals surface area contributed by atoms with E-state index in [4.69, 9.17) is 24.9 Å². The van der Waals surface area contributed by atoms with Gasteiger partial charge in [-0.05, 0) is 6.42 Å². The van der Waals surface area contributed by atoms with Crippen LogP contribution in [0, 0.1) is 0 Å². The average Bonchev–Trinajstić information content (AvgIpc) is 2.07. The van der Waals surface area contributed by atoms with Gasteiger partial charge in [0, 0.05) is 12.8 Å². The molecule has 5 N–H and O–H groups in total. The van der Waals surface area contributed by atoms with Gasteiger partial charge in [0.2, 0.25) is 0 Å². The number of carboxylic acid groups (broad SMARTS) is 2. The minimum atomic E-state index is -5.32. The molecule has 106 valence electrons. The predicted octanol–water partition coefficient (Wildman–Crippen LogP) is -0.248. The van der Waals surface area contributed by atoms with Crippen molar-refractivity contribution < 1.29 is 43.6 Å². The normalized spacial score (nSPS) is 18.7. The number of carbonyl (C=O) groups is 2. The van der Waals surface area contributed by atoms with E-state index < -0.39 is 51.1 Å². The van der Waals surface area contributed by atoms with E-state index in [1.807, 2.05) is 0 Å². The smallest absolute Gasteiger partial charge is 0.343 e. The molecule has 0 aliphatic heterocycles. The molecule has 2 unspecified atom stereocenters. The summed E-state index contributed by atoms with van der Waals surface area (Å²) in [6.45, 7) is 0.889. The Bertz CT molecular complexity index is 432. The monoisotopic (exact) mass is 304 g/mol. The molecule has 0 aromatic carbocycles. The van der Waals surface area contributed by atoms with Gasteiger partial charge in [-0.1, -0.05) is 0 Å². The lowest BCUT2D eigenvalue weighted by atomic mass is 10.0. The maximum Gasteiger partial charge on any atom is 0.343 e. The van der Waals surface area contributed by atoms with Crippen molar-refractivity contribution >= 4 is 26.9 Å². The van der Waals surface area contributed by atoms with Gasteiger partial charge in [-0.15, -0.1) is 0 Å². The van der Waals surface area contributed by atoms with Crippen LogP contribution < -0.4 is 0 Å². The van der Waals surface area contributed by atoms with E-state index in [9.17, 15) is 18.7 Å². The molecule has 0 amide bonds. The third kappa shape index (κ3) is 4.51. The Morgan fingerprint density at radius 2 is 1.56 bits per heavy atom. The molecule has 0 saturated heterocycles. The Hall–Kier alpha value is -0.720. The highest BCUT2D eigenvalue weighted by Gasteiger charge is 2.55. The summed E-state index contributed by atoms with van der Waals surface area (Å²) in [4.78, 5) is 48.7. The van der Waals surface area contributed by atoms with Gasteiger partial charge in [0.1, 0.15) is 0 Å². The standard InChI is InChI=1S/C7H14O9P2/c1-17(12,13)3-2-7(6(10)11,4-5(8)9)18(14,15)16/h2-4H2,1H3,(H,8,9)(H,10,11)(H,12,13)(H2,14,15,16). The summed E-state index contributed by atoms with van der Waals surface area (Å²) in [5, 5.41) is 14.5. The van der Waals surface area contributed by atoms with Crippen molar-refractivity contribution in [2.75, 3.05) is 12.8 Å². The van der Waals surface area contributed by atoms with Crippen molar-refractivity contribution in [2.24, 2.45) is 0 Å². The molecular formula is C7H14O9P2. The van der Waals surface area contributed by atoms with Gasteiger partial charge in [0.15, 0.2) is 12.5 Å². The molecule has 0 aliphatic rings. The first kappa shape index (κ1) is 17.3. The quantitative estimate of drug-likeness (QED) is 0.398. The molecule has 0 fully saturated rings. The lowest BCUT2D eigenvalue weighted by molar-refractivity contribution is -0.147. The minimum Gasteiger partial charge on any atom is -0.481 e. The van der Waals surface area contributed by atoms with E-state index in [-0.39, 0.29) is 0 Å². The molecule has 0 aliphatic carbocycles. The van der Waals surface area contributed by atoms with Gasteiger partial charge >= 0.3 is 19.5 Å². The summed E-state index contributed by atoms with van der Waals surface area (Å²) in [6.07, 6.45) is -2.92. The lowest BCUT2D eigenvalue weighted by Gasteiger charge is -2.28. The van der Waals surface area contributed by atoms with Crippen LogP contribution in [0.5, 0.6) is 0 Å². The van der Waals surface area contributed by atoms with Gasteiger partial charge in [0.05, 0.1) is 6.42 Å².